The molecular formula is C24H22N4O4S. The Morgan fingerprint density at radius 1 is 0.909 bits per heavy atom. The zero-order valence-electron chi connectivity index (χ0n) is 17.8. The maximum absolute atomic E-state index is 13.0. The summed E-state index contributed by atoms with van der Waals surface area (Å²) in [4.78, 5) is 27.9. The van der Waals surface area contributed by atoms with Gasteiger partial charge in [0, 0.05) is 29.7 Å². The molecule has 0 saturated carbocycles. The normalized spacial score (nSPS) is 11.2. The summed E-state index contributed by atoms with van der Waals surface area (Å²) >= 11 is 0. The molecular weight excluding hydrogens is 440 g/mol. The van der Waals surface area contributed by atoms with Crippen LogP contribution in [0.1, 0.15) is 15.9 Å². The number of anilines is 1. The number of para-hydroxylation sites is 2. The van der Waals surface area contributed by atoms with Crippen molar-refractivity contribution in [2.75, 3.05) is 11.4 Å². The van der Waals surface area contributed by atoms with Gasteiger partial charge in [-0.25, -0.2) is 8.42 Å². The third-order valence-electron chi connectivity index (χ3n) is 5.22. The summed E-state index contributed by atoms with van der Waals surface area (Å²) in [6.45, 7) is 0. The van der Waals surface area contributed by atoms with Gasteiger partial charge in [-0.2, -0.15) is 0 Å². The van der Waals surface area contributed by atoms with Crippen LogP contribution in [0, 0.1) is 0 Å². The first-order valence-electron chi connectivity index (χ1n) is 10.1. The molecule has 0 aliphatic heterocycles. The molecule has 8 nitrogen and oxygen atoms in total. The Hall–Kier alpha value is -4.11. The first kappa shape index (κ1) is 22.1. The van der Waals surface area contributed by atoms with E-state index in [0.29, 0.717) is 5.69 Å². The minimum Gasteiger partial charge on any atom is -0.361 e. The number of hydrogen-bond acceptors (Lipinski definition) is 4. The maximum Gasteiger partial charge on any atom is 0.269 e. The topological polar surface area (TPSA) is 111 Å². The van der Waals surface area contributed by atoms with Crippen molar-refractivity contribution in [1.82, 2.24) is 15.8 Å². The first-order chi connectivity index (χ1) is 15.9. The van der Waals surface area contributed by atoms with Gasteiger partial charge in [0.1, 0.15) is 0 Å². The molecule has 0 unspecified atom stereocenters. The van der Waals surface area contributed by atoms with Crippen molar-refractivity contribution in [2.24, 2.45) is 0 Å². The number of carbonyl (C=O) groups excluding carboxylic acids is 2. The van der Waals surface area contributed by atoms with E-state index >= 15 is 0 Å². The largest absolute Gasteiger partial charge is 0.361 e. The van der Waals surface area contributed by atoms with Crippen molar-refractivity contribution in [3.8, 4) is 0 Å². The van der Waals surface area contributed by atoms with E-state index in [4.69, 9.17) is 0 Å². The van der Waals surface area contributed by atoms with Crippen LogP contribution in [-0.2, 0) is 21.2 Å². The second kappa shape index (κ2) is 9.17. The highest BCUT2D eigenvalue weighted by Crippen LogP contribution is 2.22. The summed E-state index contributed by atoms with van der Waals surface area (Å²) in [5.74, 6) is -1.03. The molecule has 0 aliphatic carbocycles. The summed E-state index contributed by atoms with van der Waals surface area (Å²) in [6, 6.07) is 21.9. The number of aromatic nitrogens is 1. The molecule has 0 aliphatic rings. The zero-order chi connectivity index (χ0) is 23.4. The molecule has 0 fully saturated rings. The van der Waals surface area contributed by atoms with Crippen LogP contribution in [0.25, 0.3) is 10.9 Å². The van der Waals surface area contributed by atoms with E-state index in [0.717, 1.165) is 20.8 Å². The predicted molar refractivity (Wildman–Crippen MR) is 126 cm³/mol. The average molecular weight is 463 g/mol. The first-order valence-corrected chi connectivity index (χ1v) is 11.6. The lowest BCUT2D eigenvalue weighted by atomic mass is 10.1. The Bertz CT molecular complexity index is 1410. The number of fused-ring (bicyclic) bond motifs is 1. The Kier molecular flexibility index (Phi) is 6.14. The maximum atomic E-state index is 13.0. The number of rotatable bonds is 6. The van der Waals surface area contributed by atoms with E-state index in [2.05, 4.69) is 15.8 Å². The van der Waals surface area contributed by atoms with Crippen molar-refractivity contribution in [3.05, 3.63) is 96.2 Å². The van der Waals surface area contributed by atoms with E-state index in [1.807, 2.05) is 24.3 Å². The molecule has 168 valence electrons. The van der Waals surface area contributed by atoms with Gasteiger partial charge in [-0.1, -0.05) is 42.5 Å². The third-order valence-corrected chi connectivity index (χ3v) is 7.00. The van der Waals surface area contributed by atoms with Gasteiger partial charge in [0.25, 0.3) is 15.9 Å². The molecule has 0 bridgehead atoms. The summed E-state index contributed by atoms with van der Waals surface area (Å²) in [7, 11) is -2.43. The Morgan fingerprint density at radius 2 is 1.64 bits per heavy atom. The molecule has 0 atom stereocenters. The quantitative estimate of drug-likeness (QED) is 0.383. The van der Waals surface area contributed by atoms with Crippen molar-refractivity contribution < 1.29 is 18.0 Å². The minimum absolute atomic E-state index is 0.0355. The number of benzene rings is 3. The standard InChI is InChI=1S/C24H22N4O4S/c1-28(19-9-3-2-4-10-19)33(31,32)20-11-7-8-17(14-20)24(30)27-26-23(29)15-18-16-25-22-13-6-5-12-21(18)22/h2-14,16,25H,15H2,1H3,(H,26,29)(H,27,30). The molecule has 4 aromatic rings. The van der Waals surface area contributed by atoms with Gasteiger partial charge in [0.15, 0.2) is 0 Å². The van der Waals surface area contributed by atoms with E-state index in [-0.39, 0.29) is 16.9 Å². The predicted octanol–water partition coefficient (Wildman–Crippen LogP) is 3.00. The average Bonchev–Trinajstić information content (AvgIpc) is 3.25. The number of aromatic amines is 1. The van der Waals surface area contributed by atoms with E-state index < -0.39 is 21.8 Å². The van der Waals surface area contributed by atoms with Gasteiger partial charge in [-0.15, -0.1) is 0 Å². The zero-order valence-corrected chi connectivity index (χ0v) is 18.6. The van der Waals surface area contributed by atoms with Crippen LogP contribution in [0.2, 0.25) is 0 Å². The van der Waals surface area contributed by atoms with Crippen molar-refractivity contribution >= 4 is 38.4 Å². The second-order valence-electron chi connectivity index (χ2n) is 7.37. The molecule has 9 heteroatoms. The fraction of sp³-hybridized carbons (Fsp3) is 0.0833. The molecule has 0 radical (unpaired) electrons. The molecule has 3 aromatic carbocycles. The van der Waals surface area contributed by atoms with Crippen LogP contribution in [-0.4, -0.2) is 32.3 Å². The molecule has 0 spiro atoms. The summed E-state index contributed by atoms with van der Waals surface area (Å²) in [5.41, 5.74) is 7.04. The van der Waals surface area contributed by atoms with Crippen molar-refractivity contribution in [1.29, 1.82) is 0 Å². The fourth-order valence-corrected chi connectivity index (χ4v) is 4.67. The van der Waals surface area contributed by atoms with Crippen LogP contribution in [0.3, 0.4) is 0 Å². The van der Waals surface area contributed by atoms with Crippen LogP contribution in [0.15, 0.2) is 90.0 Å². The van der Waals surface area contributed by atoms with Gasteiger partial charge < -0.3 is 4.98 Å². The molecule has 1 heterocycles. The van der Waals surface area contributed by atoms with Gasteiger partial charge in [0.2, 0.25) is 5.91 Å². The van der Waals surface area contributed by atoms with Gasteiger partial charge in [-0.05, 0) is 42.0 Å². The molecule has 2 amide bonds. The Balaban J connectivity index is 1.43. The monoisotopic (exact) mass is 462 g/mol. The summed E-state index contributed by atoms with van der Waals surface area (Å²) < 4.78 is 27.1. The van der Waals surface area contributed by atoms with Crippen LogP contribution >= 0.6 is 0 Å². The number of carbonyl (C=O) groups is 2. The van der Waals surface area contributed by atoms with E-state index in [9.17, 15) is 18.0 Å². The number of nitrogens with zero attached hydrogens (tertiary/aromatic N) is 1. The lowest BCUT2D eigenvalue weighted by molar-refractivity contribution is -0.121. The molecule has 33 heavy (non-hydrogen) atoms. The highest BCUT2D eigenvalue weighted by Gasteiger charge is 2.22. The number of sulfonamides is 1. The number of H-pyrrole nitrogens is 1. The summed E-state index contributed by atoms with van der Waals surface area (Å²) in [5, 5.41) is 0.930. The second-order valence-corrected chi connectivity index (χ2v) is 9.34. The van der Waals surface area contributed by atoms with Gasteiger partial charge >= 0.3 is 0 Å². The van der Waals surface area contributed by atoms with Crippen LogP contribution in [0.5, 0.6) is 0 Å². The minimum atomic E-state index is -3.87. The molecule has 1 aromatic heterocycles. The highest BCUT2D eigenvalue weighted by atomic mass is 32.2. The number of nitrogens with one attached hydrogen (secondary N) is 3. The lowest BCUT2D eigenvalue weighted by Gasteiger charge is -2.19. The third kappa shape index (κ3) is 4.73. The number of amides is 2. The number of hydrazine groups is 1. The van der Waals surface area contributed by atoms with E-state index in [1.165, 1.54) is 31.3 Å². The summed E-state index contributed by atoms with van der Waals surface area (Å²) in [6.07, 6.45) is 1.82. The van der Waals surface area contributed by atoms with Crippen LogP contribution < -0.4 is 15.2 Å². The van der Waals surface area contributed by atoms with Gasteiger partial charge in [0.05, 0.1) is 17.0 Å². The van der Waals surface area contributed by atoms with Crippen molar-refractivity contribution in [3.63, 3.8) is 0 Å². The van der Waals surface area contributed by atoms with Crippen LogP contribution in [0.4, 0.5) is 5.69 Å². The molecule has 3 N–H and O–H groups in total. The Labute approximate surface area is 191 Å². The molecule has 4 rings (SSSR count). The van der Waals surface area contributed by atoms with Crippen molar-refractivity contribution in [2.45, 2.75) is 11.3 Å². The highest BCUT2D eigenvalue weighted by molar-refractivity contribution is 7.92. The smallest absolute Gasteiger partial charge is 0.269 e. The van der Waals surface area contributed by atoms with E-state index in [1.54, 1.807) is 36.5 Å². The van der Waals surface area contributed by atoms with Gasteiger partial charge in [-0.3, -0.25) is 24.7 Å². The lowest BCUT2D eigenvalue weighted by Crippen LogP contribution is -2.42. The number of hydrogen-bond donors (Lipinski definition) is 3. The molecule has 0 saturated heterocycles. The Morgan fingerprint density at radius 3 is 2.42 bits per heavy atom. The SMILES string of the molecule is CN(c1ccccc1)S(=O)(=O)c1cccc(C(=O)NNC(=O)Cc2c[nH]c3ccccc23)c1. The fourth-order valence-electron chi connectivity index (χ4n) is 3.43.